The normalized spacial score (nSPS) is 20.3. The van der Waals surface area contributed by atoms with E-state index in [1.54, 1.807) is 12.1 Å². The van der Waals surface area contributed by atoms with Crippen LogP contribution in [0.4, 0.5) is 11.4 Å². The van der Waals surface area contributed by atoms with Crippen molar-refractivity contribution in [1.29, 1.82) is 0 Å². The summed E-state index contributed by atoms with van der Waals surface area (Å²) < 4.78 is 0. The van der Waals surface area contributed by atoms with Gasteiger partial charge in [-0.25, -0.2) is 4.90 Å². The van der Waals surface area contributed by atoms with Crippen molar-refractivity contribution in [2.75, 3.05) is 16.8 Å². The molecule has 0 unspecified atom stereocenters. The first-order chi connectivity index (χ1) is 14.0. The van der Waals surface area contributed by atoms with E-state index in [9.17, 15) is 14.4 Å². The van der Waals surface area contributed by atoms with Gasteiger partial charge in [0, 0.05) is 5.69 Å². The van der Waals surface area contributed by atoms with Crippen molar-refractivity contribution in [3.63, 3.8) is 0 Å². The minimum atomic E-state index is -0.916. The van der Waals surface area contributed by atoms with Gasteiger partial charge in [0.25, 0.3) is 11.8 Å². The van der Waals surface area contributed by atoms with Crippen LogP contribution in [0.1, 0.15) is 18.1 Å². The second-order valence-corrected chi connectivity index (χ2v) is 7.14. The molecule has 0 aromatic heterocycles. The molecule has 0 spiro atoms. The fourth-order valence-corrected chi connectivity index (χ4v) is 3.47. The summed E-state index contributed by atoms with van der Waals surface area (Å²) >= 11 is 0. The van der Waals surface area contributed by atoms with Crippen LogP contribution >= 0.6 is 0 Å². The number of hydrogen-bond acceptors (Lipinski definition) is 6. The summed E-state index contributed by atoms with van der Waals surface area (Å²) in [6.07, 6.45) is 0.916. The lowest BCUT2D eigenvalue weighted by atomic mass is 10.1. The molecule has 1 fully saturated rings. The predicted octanol–water partition coefficient (Wildman–Crippen LogP) is 2.49. The Bertz CT molecular complexity index is 984. The van der Waals surface area contributed by atoms with Gasteiger partial charge in [-0.2, -0.15) is 5.11 Å². The first kappa shape index (κ1) is 18.8. The number of rotatable bonds is 5. The number of imide groups is 1. The Balaban J connectivity index is 1.45. The van der Waals surface area contributed by atoms with Crippen molar-refractivity contribution in [2.45, 2.75) is 32.4 Å². The first-order valence-corrected chi connectivity index (χ1v) is 9.48. The molecule has 3 amide bonds. The molecule has 1 saturated heterocycles. The van der Waals surface area contributed by atoms with E-state index in [4.69, 9.17) is 0 Å². The molecule has 2 aromatic rings. The maximum atomic E-state index is 12.9. The van der Waals surface area contributed by atoms with Crippen LogP contribution in [0.3, 0.4) is 0 Å². The second kappa shape index (κ2) is 7.46. The average molecular weight is 391 g/mol. The molecule has 2 atom stereocenters. The first-order valence-electron chi connectivity index (χ1n) is 9.48. The molecule has 8 nitrogen and oxygen atoms in total. The van der Waals surface area contributed by atoms with Crippen LogP contribution in [0, 0.1) is 6.92 Å². The molecule has 29 heavy (non-hydrogen) atoms. The average Bonchev–Trinajstić information content (AvgIpc) is 3.23. The van der Waals surface area contributed by atoms with Gasteiger partial charge in [-0.05, 0) is 43.2 Å². The quantitative estimate of drug-likeness (QED) is 0.793. The Labute approximate surface area is 168 Å². The molecular weight excluding hydrogens is 370 g/mol. The fourth-order valence-electron chi connectivity index (χ4n) is 3.47. The zero-order valence-corrected chi connectivity index (χ0v) is 16.2. The number of amides is 3. The van der Waals surface area contributed by atoms with Gasteiger partial charge in [0.1, 0.15) is 6.54 Å². The van der Waals surface area contributed by atoms with Gasteiger partial charge >= 0.3 is 0 Å². The molecule has 1 N–H and O–H groups in total. The number of carbonyl (C=O) groups is 3. The smallest absolute Gasteiger partial charge is 0.263 e. The van der Waals surface area contributed by atoms with E-state index in [2.05, 4.69) is 22.6 Å². The second-order valence-electron chi connectivity index (χ2n) is 7.14. The minimum Gasteiger partial charge on any atom is -0.324 e. The topological polar surface area (TPSA) is 94.4 Å². The summed E-state index contributed by atoms with van der Waals surface area (Å²) in [7, 11) is 0. The Kier molecular flexibility index (Phi) is 4.84. The molecule has 148 valence electrons. The number of benzene rings is 2. The van der Waals surface area contributed by atoms with E-state index in [-0.39, 0.29) is 12.5 Å². The van der Waals surface area contributed by atoms with Crippen LogP contribution in [-0.4, -0.2) is 41.4 Å². The summed E-state index contributed by atoms with van der Waals surface area (Å²) in [5.41, 5.74) is 3.36. The number of anilines is 2. The van der Waals surface area contributed by atoms with Gasteiger partial charge in [-0.1, -0.05) is 42.0 Å². The zero-order chi connectivity index (χ0) is 20.5. The van der Waals surface area contributed by atoms with Crippen molar-refractivity contribution in [3.8, 4) is 0 Å². The van der Waals surface area contributed by atoms with E-state index in [1.807, 2.05) is 43.3 Å². The van der Waals surface area contributed by atoms with E-state index >= 15 is 0 Å². The summed E-state index contributed by atoms with van der Waals surface area (Å²) in [5, 5.41) is 11.9. The molecule has 2 aliphatic heterocycles. The van der Waals surface area contributed by atoms with Gasteiger partial charge in [0.2, 0.25) is 5.91 Å². The molecule has 0 radical (unpaired) electrons. The highest BCUT2D eigenvalue weighted by molar-refractivity contribution is 6.25. The molecule has 8 heteroatoms. The van der Waals surface area contributed by atoms with Gasteiger partial charge < -0.3 is 5.32 Å². The number of carbonyl (C=O) groups excluding carboxylic acids is 3. The highest BCUT2D eigenvalue weighted by atomic mass is 16.2. The molecule has 2 heterocycles. The van der Waals surface area contributed by atoms with E-state index < -0.39 is 23.9 Å². The zero-order valence-electron chi connectivity index (χ0n) is 16.2. The monoisotopic (exact) mass is 391 g/mol. The summed E-state index contributed by atoms with van der Waals surface area (Å²) in [6.45, 7) is 3.82. The highest BCUT2D eigenvalue weighted by Gasteiger charge is 2.55. The number of fused-ring (bicyclic) bond motifs is 1. The van der Waals surface area contributed by atoms with E-state index in [0.717, 1.165) is 16.9 Å². The van der Waals surface area contributed by atoms with Crippen LogP contribution in [-0.2, 0) is 20.8 Å². The van der Waals surface area contributed by atoms with Crippen molar-refractivity contribution in [3.05, 3.63) is 59.7 Å². The number of nitrogens with zero attached hydrogens (tertiary/aromatic N) is 4. The van der Waals surface area contributed by atoms with Gasteiger partial charge in [0.05, 0.1) is 5.69 Å². The van der Waals surface area contributed by atoms with Crippen molar-refractivity contribution >= 4 is 29.1 Å². The predicted molar refractivity (Wildman–Crippen MR) is 107 cm³/mol. The third-order valence-corrected chi connectivity index (χ3v) is 5.10. The van der Waals surface area contributed by atoms with Gasteiger partial charge in [0.15, 0.2) is 12.1 Å². The third-order valence-electron chi connectivity index (χ3n) is 5.10. The van der Waals surface area contributed by atoms with Gasteiger partial charge in [-0.15, -0.1) is 0 Å². The standard InChI is InChI=1S/C21H21N5O3/c1-3-14-6-8-15(9-7-14)22-17(27)12-25-19-18(23-24-25)20(28)26(21(19)29)16-10-4-13(2)5-11-16/h4-11,18-19H,3,12H2,1-2H3,(H,22,27)/t18-,19-/m1/s1. The Morgan fingerprint density at radius 3 is 2.38 bits per heavy atom. The number of hydrogen-bond donors (Lipinski definition) is 1. The minimum absolute atomic E-state index is 0.166. The van der Waals surface area contributed by atoms with E-state index in [1.165, 1.54) is 10.6 Å². The molecule has 0 bridgehead atoms. The molecular formula is C21H21N5O3. The van der Waals surface area contributed by atoms with Crippen LogP contribution in [0.5, 0.6) is 0 Å². The molecule has 2 aromatic carbocycles. The maximum Gasteiger partial charge on any atom is 0.263 e. The largest absolute Gasteiger partial charge is 0.324 e. The van der Waals surface area contributed by atoms with Crippen LogP contribution < -0.4 is 10.2 Å². The maximum absolute atomic E-state index is 12.9. The molecule has 0 aliphatic carbocycles. The summed E-state index contributed by atoms with van der Waals surface area (Å²) in [5.74, 6) is -1.18. The lowest BCUT2D eigenvalue weighted by Crippen LogP contribution is -2.43. The SMILES string of the molecule is CCc1ccc(NC(=O)CN2N=N[C@H]3C(=O)N(c4ccc(C)cc4)C(=O)[C@@H]32)cc1. The van der Waals surface area contributed by atoms with E-state index in [0.29, 0.717) is 11.4 Å². The lowest BCUT2D eigenvalue weighted by molar-refractivity contribution is -0.123. The molecule has 2 aliphatic rings. The molecule has 0 saturated carbocycles. The van der Waals surface area contributed by atoms with Crippen LogP contribution in [0.2, 0.25) is 0 Å². The number of nitrogens with one attached hydrogen (secondary N) is 1. The van der Waals surface area contributed by atoms with Crippen LogP contribution in [0.15, 0.2) is 58.9 Å². The Morgan fingerprint density at radius 2 is 1.72 bits per heavy atom. The van der Waals surface area contributed by atoms with Crippen LogP contribution in [0.25, 0.3) is 0 Å². The number of aryl methyl sites for hydroxylation is 2. The van der Waals surface area contributed by atoms with Crippen molar-refractivity contribution in [1.82, 2.24) is 5.01 Å². The highest BCUT2D eigenvalue weighted by Crippen LogP contribution is 2.31. The lowest BCUT2D eigenvalue weighted by Gasteiger charge is -2.20. The Hall–Kier alpha value is -3.55. The molecule has 4 rings (SSSR count). The van der Waals surface area contributed by atoms with Crippen molar-refractivity contribution < 1.29 is 14.4 Å². The summed E-state index contributed by atoms with van der Waals surface area (Å²) in [4.78, 5) is 39.2. The Morgan fingerprint density at radius 1 is 1.03 bits per heavy atom. The van der Waals surface area contributed by atoms with Crippen molar-refractivity contribution in [2.24, 2.45) is 10.3 Å². The van der Waals surface area contributed by atoms with Gasteiger partial charge in [-0.3, -0.25) is 19.4 Å². The summed E-state index contributed by atoms with van der Waals surface area (Å²) in [6, 6.07) is 12.8. The fraction of sp³-hybridized carbons (Fsp3) is 0.286. The third kappa shape index (κ3) is 3.49.